The van der Waals surface area contributed by atoms with Gasteiger partial charge in [0.2, 0.25) is 0 Å². The zero-order valence-corrected chi connectivity index (χ0v) is 7.60. The molecule has 0 fully saturated rings. The summed E-state index contributed by atoms with van der Waals surface area (Å²) in [4.78, 5) is 26.8. The van der Waals surface area contributed by atoms with Gasteiger partial charge >= 0.3 is 5.69 Å². The van der Waals surface area contributed by atoms with Gasteiger partial charge in [0.1, 0.15) is 0 Å². The SMILES string of the molecule is Cc1cn(CCN=[N+]=[N-])c(=O)[nH]c1=O. The molecule has 1 aromatic heterocycles. The van der Waals surface area contributed by atoms with Gasteiger partial charge in [-0.25, -0.2) is 4.79 Å². The lowest BCUT2D eigenvalue weighted by Gasteiger charge is -2.02. The molecule has 0 aromatic carbocycles. The number of nitrogens with zero attached hydrogens (tertiary/aromatic N) is 4. The number of rotatable bonds is 3. The molecule has 0 unspecified atom stereocenters. The molecule has 0 aliphatic heterocycles. The topological polar surface area (TPSA) is 104 Å². The van der Waals surface area contributed by atoms with Gasteiger partial charge in [-0.15, -0.1) is 0 Å². The highest BCUT2D eigenvalue weighted by atomic mass is 16.2. The van der Waals surface area contributed by atoms with Gasteiger partial charge in [0.05, 0.1) is 0 Å². The summed E-state index contributed by atoms with van der Waals surface area (Å²) < 4.78 is 1.30. The van der Waals surface area contributed by atoms with Crippen molar-refractivity contribution in [2.75, 3.05) is 6.54 Å². The average molecular weight is 195 g/mol. The van der Waals surface area contributed by atoms with E-state index in [1.54, 1.807) is 6.92 Å². The molecule has 0 saturated carbocycles. The van der Waals surface area contributed by atoms with Crippen LogP contribution in [0.5, 0.6) is 0 Å². The van der Waals surface area contributed by atoms with Crippen LogP contribution in [-0.4, -0.2) is 16.1 Å². The lowest BCUT2D eigenvalue weighted by Crippen LogP contribution is -2.31. The van der Waals surface area contributed by atoms with E-state index in [0.29, 0.717) is 5.56 Å². The predicted molar refractivity (Wildman–Crippen MR) is 50.1 cm³/mol. The third kappa shape index (κ3) is 2.24. The Bertz CT molecular complexity index is 480. The zero-order valence-electron chi connectivity index (χ0n) is 7.60. The second-order valence-electron chi connectivity index (χ2n) is 2.72. The monoisotopic (exact) mass is 195 g/mol. The molecule has 0 aliphatic rings. The van der Waals surface area contributed by atoms with Crippen LogP contribution in [0.25, 0.3) is 10.4 Å². The lowest BCUT2D eigenvalue weighted by atomic mass is 10.4. The van der Waals surface area contributed by atoms with Gasteiger partial charge in [-0.3, -0.25) is 9.78 Å². The van der Waals surface area contributed by atoms with E-state index in [1.165, 1.54) is 10.8 Å². The molecule has 0 radical (unpaired) electrons. The Kier molecular flexibility index (Phi) is 3.09. The van der Waals surface area contributed by atoms with Crippen molar-refractivity contribution in [2.24, 2.45) is 5.11 Å². The third-order valence-electron chi connectivity index (χ3n) is 1.69. The quantitative estimate of drug-likeness (QED) is 0.421. The van der Waals surface area contributed by atoms with Crippen molar-refractivity contribution in [2.45, 2.75) is 13.5 Å². The molecule has 1 rings (SSSR count). The molecule has 74 valence electrons. The highest BCUT2D eigenvalue weighted by Gasteiger charge is 1.98. The number of aromatic amines is 1. The number of nitrogens with one attached hydrogen (secondary N) is 1. The fraction of sp³-hybridized carbons (Fsp3) is 0.429. The standard InChI is InChI=1S/C7H9N5O2/c1-5-4-12(3-2-9-11-8)7(14)10-6(5)13/h4H,2-3H2,1H3,(H,10,13,14). The van der Waals surface area contributed by atoms with Gasteiger partial charge in [-0.05, 0) is 12.5 Å². The fourth-order valence-corrected chi connectivity index (χ4v) is 0.982. The normalized spacial score (nSPS) is 9.50. The summed E-state index contributed by atoms with van der Waals surface area (Å²) in [7, 11) is 0. The van der Waals surface area contributed by atoms with E-state index in [4.69, 9.17) is 5.53 Å². The van der Waals surface area contributed by atoms with Gasteiger partial charge in [0.25, 0.3) is 5.56 Å². The predicted octanol–water partition coefficient (Wildman–Crippen LogP) is 0.155. The van der Waals surface area contributed by atoms with Gasteiger partial charge in [0.15, 0.2) is 0 Å². The van der Waals surface area contributed by atoms with Crippen molar-refractivity contribution >= 4 is 0 Å². The van der Waals surface area contributed by atoms with Crippen LogP contribution >= 0.6 is 0 Å². The van der Waals surface area contributed by atoms with Crippen LogP contribution in [0.3, 0.4) is 0 Å². The Morgan fingerprint density at radius 1 is 1.64 bits per heavy atom. The molecule has 7 heteroatoms. The van der Waals surface area contributed by atoms with Crippen molar-refractivity contribution in [3.05, 3.63) is 43.0 Å². The summed E-state index contributed by atoms with van der Waals surface area (Å²) in [5, 5.41) is 3.29. The zero-order chi connectivity index (χ0) is 10.6. The molecule has 1 heterocycles. The Hall–Kier alpha value is -2.01. The third-order valence-corrected chi connectivity index (χ3v) is 1.69. The summed E-state index contributed by atoms with van der Waals surface area (Å²) in [5.74, 6) is 0. The van der Waals surface area contributed by atoms with E-state index < -0.39 is 11.2 Å². The first-order valence-electron chi connectivity index (χ1n) is 3.96. The number of hydrogen-bond donors (Lipinski definition) is 1. The molecule has 0 atom stereocenters. The molecular formula is C7H9N5O2. The molecule has 0 spiro atoms. The molecule has 1 aromatic rings. The smallest absolute Gasteiger partial charge is 0.300 e. The van der Waals surface area contributed by atoms with Gasteiger partial charge in [-0.2, -0.15) is 0 Å². The van der Waals surface area contributed by atoms with Gasteiger partial charge in [-0.1, -0.05) is 5.11 Å². The van der Waals surface area contributed by atoms with Crippen molar-refractivity contribution < 1.29 is 0 Å². The first-order valence-corrected chi connectivity index (χ1v) is 3.96. The van der Waals surface area contributed by atoms with Crippen LogP contribution in [0.2, 0.25) is 0 Å². The number of H-pyrrole nitrogens is 1. The van der Waals surface area contributed by atoms with Crippen LogP contribution < -0.4 is 11.2 Å². The van der Waals surface area contributed by atoms with Crippen LogP contribution in [0.1, 0.15) is 5.56 Å². The highest BCUT2D eigenvalue weighted by Crippen LogP contribution is 1.84. The van der Waals surface area contributed by atoms with E-state index >= 15 is 0 Å². The minimum absolute atomic E-state index is 0.182. The van der Waals surface area contributed by atoms with E-state index in [2.05, 4.69) is 15.0 Å². The van der Waals surface area contributed by atoms with Crippen molar-refractivity contribution in [3.8, 4) is 0 Å². The summed E-state index contributed by atoms with van der Waals surface area (Å²) in [6.07, 6.45) is 1.44. The number of aromatic nitrogens is 2. The first-order chi connectivity index (χ1) is 6.65. The maximum absolute atomic E-state index is 11.2. The fourth-order valence-electron chi connectivity index (χ4n) is 0.982. The van der Waals surface area contributed by atoms with Crippen LogP contribution in [-0.2, 0) is 6.54 Å². The second kappa shape index (κ2) is 4.29. The number of aryl methyl sites for hydroxylation is 1. The average Bonchev–Trinajstić information content (AvgIpc) is 2.14. The largest absolute Gasteiger partial charge is 0.328 e. The molecule has 0 bridgehead atoms. The van der Waals surface area contributed by atoms with E-state index in [0.717, 1.165) is 0 Å². The van der Waals surface area contributed by atoms with Crippen LogP contribution in [0.4, 0.5) is 0 Å². The lowest BCUT2D eigenvalue weighted by molar-refractivity contribution is 0.649. The maximum atomic E-state index is 11.2. The molecular weight excluding hydrogens is 186 g/mol. The summed E-state index contributed by atoms with van der Waals surface area (Å²) >= 11 is 0. The van der Waals surface area contributed by atoms with Crippen molar-refractivity contribution in [1.82, 2.24) is 9.55 Å². The molecule has 0 saturated heterocycles. The molecule has 1 N–H and O–H groups in total. The van der Waals surface area contributed by atoms with Crippen molar-refractivity contribution in [3.63, 3.8) is 0 Å². The molecule has 0 amide bonds. The Morgan fingerprint density at radius 3 is 3.00 bits per heavy atom. The minimum Gasteiger partial charge on any atom is -0.300 e. The van der Waals surface area contributed by atoms with E-state index in [-0.39, 0.29) is 13.1 Å². The van der Waals surface area contributed by atoms with Gasteiger partial charge < -0.3 is 4.57 Å². The summed E-state index contributed by atoms with van der Waals surface area (Å²) in [6, 6.07) is 0. The van der Waals surface area contributed by atoms with E-state index in [9.17, 15) is 9.59 Å². The number of azide groups is 1. The summed E-state index contributed by atoms with van der Waals surface area (Å²) in [6.45, 7) is 2.05. The van der Waals surface area contributed by atoms with Crippen molar-refractivity contribution in [1.29, 1.82) is 0 Å². The van der Waals surface area contributed by atoms with E-state index in [1.807, 2.05) is 0 Å². The van der Waals surface area contributed by atoms with Gasteiger partial charge in [0, 0.05) is 29.8 Å². The Morgan fingerprint density at radius 2 is 2.36 bits per heavy atom. The minimum atomic E-state index is -0.492. The van der Waals surface area contributed by atoms with Crippen LogP contribution in [0.15, 0.2) is 20.9 Å². The molecule has 7 nitrogen and oxygen atoms in total. The highest BCUT2D eigenvalue weighted by molar-refractivity contribution is 5.00. The summed E-state index contributed by atoms with van der Waals surface area (Å²) in [5.41, 5.74) is 7.59. The van der Waals surface area contributed by atoms with Crippen LogP contribution in [0, 0.1) is 6.92 Å². The maximum Gasteiger partial charge on any atom is 0.328 e. The first kappa shape index (κ1) is 10.1. The Labute approximate surface area is 78.6 Å². The molecule has 14 heavy (non-hydrogen) atoms. The Balaban J connectivity index is 2.98. The molecule has 0 aliphatic carbocycles. The number of hydrogen-bond acceptors (Lipinski definition) is 3. The second-order valence-corrected chi connectivity index (χ2v) is 2.72.